The summed E-state index contributed by atoms with van der Waals surface area (Å²) < 4.78 is 16.6. The molecule has 0 amide bonds. The molecule has 0 aliphatic rings. The fourth-order valence-corrected chi connectivity index (χ4v) is 6.16. The molecule has 0 spiro atoms. The molecule has 0 saturated carbocycles. The fraction of sp³-hybridized carbons (Fsp3) is 0.596. The highest BCUT2D eigenvalue weighted by atomic mass is 16.6. The SMILES string of the molecule is CC/C=C\C/C=C\C/C=C\C/C=C\C/C=C\C/C=C\CCC(=O)OC[C@H](COC(=O)CCCCCCC/C=C\CCCC)OC(=O)CCCC/C=C\C/C=C\C/C=C\CCCCC. The summed E-state index contributed by atoms with van der Waals surface area (Å²) in [6.07, 6.45) is 69.1. The van der Waals surface area contributed by atoms with Crippen molar-refractivity contribution in [1.29, 1.82) is 0 Å². The molecule has 63 heavy (non-hydrogen) atoms. The van der Waals surface area contributed by atoms with Gasteiger partial charge in [-0.15, -0.1) is 0 Å². The fourth-order valence-electron chi connectivity index (χ4n) is 6.16. The van der Waals surface area contributed by atoms with E-state index in [0.717, 1.165) is 96.3 Å². The van der Waals surface area contributed by atoms with E-state index in [-0.39, 0.29) is 44.0 Å². The van der Waals surface area contributed by atoms with E-state index in [1.165, 1.54) is 51.4 Å². The lowest BCUT2D eigenvalue weighted by molar-refractivity contribution is -0.166. The van der Waals surface area contributed by atoms with Crippen LogP contribution >= 0.6 is 0 Å². The monoisotopic (exact) mass is 871 g/mol. The summed E-state index contributed by atoms with van der Waals surface area (Å²) in [5, 5.41) is 0. The van der Waals surface area contributed by atoms with Crippen molar-refractivity contribution in [1.82, 2.24) is 0 Å². The summed E-state index contributed by atoms with van der Waals surface area (Å²) in [6, 6.07) is 0. The smallest absolute Gasteiger partial charge is 0.306 e. The molecule has 0 aliphatic heterocycles. The van der Waals surface area contributed by atoms with Gasteiger partial charge in [0.1, 0.15) is 13.2 Å². The van der Waals surface area contributed by atoms with Gasteiger partial charge in [-0.1, -0.05) is 187 Å². The van der Waals surface area contributed by atoms with Gasteiger partial charge in [0.2, 0.25) is 0 Å². The van der Waals surface area contributed by atoms with E-state index in [2.05, 4.69) is 130 Å². The first-order valence-corrected chi connectivity index (χ1v) is 25.0. The maximum Gasteiger partial charge on any atom is 0.306 e. The lowest BCUT2D eigenvalue weighted by Crippen LogP contribution is -2.30. The molecular formula is C57H90O6. The van der Waals surface area contributed by atoms with Crippen LogP contribution in [0, 0.1) is 0 Å². The summed E-state index contributed by atoms with van der Waals surface area (Å²) in [7, 11) is 0. The summed E-state index contributed by atoms with van der Waals surface area (Å²) in [6.45, 7) is 6.32. The largest absolute Gasteiger partial charge is 0.462 e. The van der Waals surface area contributed by atoms with E-state index in [1.54, 1.807) is 0 Å². The molecule has 6 heteroatoms. The zero-order chi connectivity index (χ0) is 45.8. The van der Waals surface area contributed by atoms with Crippen LogP contribution in [0.3, 0.4) is 0 Å². The number of rotatable bonds is 43. The molecule has 0 heterocycles. The van der Waals surface area contributed by atoms with Gasteiger partial charge in [0.05, 0.1) is 0 Å². The second kappa shape index (κ2) is 50.5. The highest BCUT2D eigenvalue weighted by Gasteiger charge is 2.19. The topological polar surface area (TPSA) is 78.9 Å². The normalized spacial score (nSPS) is 13.1. The minimum atomic E-state index is -0.834. The zero-order valence-corrected chi connectivity index (χ0v) is 40.3. The Morgan fingerprint density at radius 1 is 0.333 bits per heavy atom. The lowest BCUT2D eigenvalue weighted by Gasteiger charge is -2.18. The Hall–Kier alpha value is -4.19. The van der Waals surface area contributed by atoms with Crippen molar-refractivity contribution in [3.05, 3.63) is 122 Å². The second-order valence-corrected chi connectivity index (χ2v) is 16.0. The van der Waals surface area contributed by atoms with Gasteiger partial charge in [-0.3, -0.25) is 14.4 Å². The molecular weight excluding hydrogens is 781 g/mol. The van der Waals surface area contributed by atoms with E-state index in [4.69, 9.17) is 14.2 Å². The van der Waals surface area contributed by atoms with Crippen molar-refractivity contribution in [2.24, 2.45) is 0 Å². The van der Waals surface area contributed by atoms with Crippen molar-refractivity contribution in [2.45, 2.75) is 207 Å². The number of hydrogen-bond donors (Lipinski definition) is 0. The third-order valence-electron chi connectivity index (χ3n) is 9.93. The summed E-state index contributed by atoms with van der Waals surface area (Å²) >= 11 is 0. The highest BCUT2D eigenvalue weighted by molar-refractivity contribution is 5.71. The Balaban J connectivity index is 4.58. The molecule has 6 nitrogen and oxygen atoms in total. The number of carbonyl (C=O) groups excluding carboxylic acids is 3. The summed E-state index contributed by atoms with van der Waals surface area (Å²) in [5.74, 6) is -1.07. The molecule has 0 aromatic carbocycles. The molecule has 0 fully saturated rings. The molecule has 354 valence electrons. The molecule has 0 saturated heterocycles. The van der Waals surface area contributed by atoms with E-state index in [0.29, 0.717) is 19.3 Å². The number of allylic oxidation sites excluding steroid dienone is 20. The lowest BCUT2D eigenvalue weighted by atomic mass is 10.1. The van der Waals surface area contributed by atoms with Gasteiger partial charge in [-0.2, -0.15) is 0 Å². The van der Waals surface area contributed by atoms with Crippen LogP contribution in [-0.4, -0.2) is 37.2 Å². The van der Waals surface area contributed by atoms with Gasteiger partial charge in [-0.25, -0.2) is 0 Å². The molecule has 1 atom stereocenters. The van der Waals surface area contributed by atoms with Crippen LogP contribution in [0.1, 0.15) is 201 Å². The Bertz CT molecular complexity index is 1370. The molecule has 0 rings (SSSR count). The first-order chi connectivity index (χ1) is 31.0. The first-order valence-electron chi connectivity index (χ1n) is 25.0. The maximum atomic E-state index is 12.8. The number of esters is 3. The predicted molar refractivity (Wildman–Crippen MR) is 269 cm³/mol. The first kappa shape index (κ1) is 58.8. The van der Waals surface area contributed by atoms with Crippen LogP contribution in [-0.2, 0) is 28.6 Å². The highest BCUT2D eigenvalue weighted by Crippen LogP contribution is 2.11. The Kier molecular flexibility index (Phi) is 47.1. The number of hydrogen-bond acceptors (Lipinski definition) is 6. The standard InChI is InChI=1S/C57H90O6/c1-4-7-10-13-16-19-22-24-26-27-28-29-31-32-35-38-41-44-47-50-56(59)62-53-54(52-61-55(58)49-46-43-40-37-34-21-18-15-12-9-6-3)63-57(60)51-48-45-42-39-36-33-30-25-23-20-17-14-11-8-5-2/h7,10,15-20,24-26,28-30,32,35-36,39,41,44,54H,4-6,8-9,11-14,21-23,27,31,33-34,37-38,40,42-43,45-53H2,1-3H3/b10-7-,18-15-,19-16-,20-17-,26-24-,29-28-,30-25-,35-32-,39-36-,44-41-/t54-/m0/s1. The predicted octanol–water partition coefficient (Wildman–Crippen LogP) is 16.5. The number of ether oxygens (including phenoxy) is 3. The van der Waals surface area contributed by atoms with E-state index >= 15 is 0 Å². The van der Waals surface area contributed by atoms with Crippen LogP contribution in [0.5, 0.6) is 0 Å². The van der Waals surface area contributed by atoms with Gasteiger partial charge in [0.25, 0.3) is 0 Å². The van der Waals surface area contributed by atoms with Crippen LogP contribution in [0.4, 0.5) is 0 Å². The third-order valence-corrected chi connectivity index (χ3v) is 9.93. The van der Waals surface area contributed by atoms with Gasteiger partial charge in [-0.05, 0) is 116 Å². The van der Waals surface area contributed by atoms with Crippen LogP contribution < -0.4 is 0 Å². The van der Waals surface area contributed by atoms with Gasteiger partial charge in [0, 0.05) is 19.3 Å². The summed E-state index contributed by atoms with van der Waals surface area (Å²) in [5.41, 5.74) is 0. The third kappa shape index (κ3) is 48.7. The molecule has 0 bridgehead atoms. The van der Waals surface area contributed by atoms with Crippen molar-refractivity contribution >= 4 is 17.9 Å². The second-order valence-electron chi connectivity index (χ2n) is 16.0. The average molecular weight is 871 g/mol. The average Bonchev–Trinajstić information content (AvgIpc) is 3.28. The van der Waals surface area contributed by atoms with Crippen LogP contribution in [0.15, 0.2) is 122 Å². The molecule has 0 unspecified atom stereocenters. The summed E-state index contributed by atoms with van der Waals surface area (Å²) in [4.78, 5) is 37.9. The van der Waals surface area contributed by atoms with E-state index in [1.807, 2.05) is 12.2 Å². The minimum absolute atomic E-state index is 0.125. The van der Waals surface area contributed by atoms with Crippen molar-refractivity contribution in [2.75, 3.05) is 13.2 Å². The van der Waals surface area contributed by atoms with Crippen LogP contribution in [0.25, 0.3) is 0 Å². The number of carbonyl (C=O) groups is 3. The van der Waals surface area contributed by atoms with Crippen LogP contribution in [0.2, 0.25) is 0 Å². The van der Waals surface area contributed by atoms with E-state index < -0.39 is 6.10 Å². The Labute approximate surface area is 386 Å². The van der Waals surface area contributed by atoms with Gasteiger partial charge < -0.3 is 14.2 Å². The Morgan fingerprint density at radius 3 is 1.16 bits per heavy atom. The quantitative estimate of drug-likeness (QED) is 0.0263. The number of unbranched alkanes of at least 4 members (excludes halogenated alkanes) is 12. The van der Waals surface area contributed by atoms with Crippen molar-refractivity contribution < 1.29 is 28.6 Å². The molecule has 0 N–H and O–H groups in total. The minimum Gasteiger partial charge on any atom is -0.462 e. The molecule has 0 aromatic heterocycles. The Morgan fingerprint density at radius 2 is 0.667 bits per heavy atom. The maximum absolute atomic E-state index is 12.8. The van der Waals surface area contributed by atoms with E-state index in [9.17, 15) is 14.4 Å². The van der Waals surface area contributed by atoms with Crippen molar-refractivity contribution in [3.8, 4) is 0 Å². The zero-order valence-electron chi connectivity index (χ0n) is 40.3. The molecule has 0 aromatic rings. The van der Waals surface area contributed by atoms with Gasteiger partial charge >= 0.3 is 17.9 Å². The van der Waals surface area contributed by atoms with Crippen molar-refractivity contribution in [3.63, 3.8) is 0 Å². The van der Waals surface area contributed by atoms with Gasteiger partial charge in [0.15, 0.2) is 6.10 Å². The molecule has 0 radical (unpaired) electrons. The molecule has 0 aliphatic carbocycles.